The van der Waals surface area contributed by atoms with Gasteiger partial charge in [-0.2, -0.15) is 17.2 Å². The van der Waals surface area contributed by atoms with Crippen LogP contribution in [-0.4, -0.2) is 11.1 Å². The first-order chi connectivity index (χ1) is 6.19. The molecule has 1 atom stereocenters. The van der Waals surface area contributed by atoms with Crippen LogP contribution in [0.3, 0.4) is 0 Å². The Balaban J connectivity index is 4.14. The fraction of sp³-hybridized carbons (Fsp3) is 0.500. The van der Waals surface area contributed by atoms with Crippen LogP contribution in [0.1, 0.15) is 6.92 Å². The summed E-state index contributed by atoms with van der Waals surface area (Å²) in [5, 5.41) is 0. The quantitative estimate of drug-likeness (QED) is 0.362. The first-order valence-corrected chi connectivity index (χ1v) is 4.71. The lowest BCUT2D eigenvalue weighted by molar-refractivity contribution is -0.173. The molecular weight excluding hydrogens is 251 g/mol. The highest BCUT2D eigenvalue weighted by molar-refractivity contribution is 7.48. The summed E-state index contributed by atoms with van der Waals surface area (Å²) < 4.78 is 52.5. The Morgan fingerprint density at radius 2 is 2.07 bits per heavy atom. The third-order valence-corrected chi connectivity index (χ3v) is 1.87. The molecule has 0 aliphatic heterocycles. The van der Waals surface area contributed by atoms with E-state index in [2.05, 4.69) is 25.5 Å². The summed E-state index contributed by atoms with van der Waals surface area (Å²) in [6.07, 6.45) is -4.51. The van der Waals surface area contributed by atoms with Crippen molar-refractivity contribution in [3.63, 3.8) is 0 Å². The number of hydrogen-bond acceptors (Lipinski definition) is 4. The van der Waals surface area contributed by atoms with Crippen LogP contribution in [0, 0.1) is 0 Å². The molecule has 0 fully saturated rings. The Morgan fingerprint density at radius 1 is 1.57 bits per heavy atom. The van der Waals surface area contributed by atoms with Crippen LogP contribution >= 0.6 is 19.7 Å². The van der Waals surface area contributed by atoms with E-state index in [9.17, 15) is 17.7 Å². The van der Waals surface area contributed by atoms with Gasteiger partial charge in [0.2, 0.25) is 0 Å². The van der Waals surface area contributed by atoms with Crippen LogP contribution in [0.2, 0.25) is 0 Å². The molecule has 10 heteroatoms. The lowest BCUT2D eigenvalue weighted by atomic mass is 10.3. The number of hydrogen-bond donors (Lipinski definition) is 1. The summed E-state index contributed by atoms with van der Waals surface area (Å²) in [5.41, 5.74) is -1.16. The Labute approximate surface area is 81.7 Å². The second kappa shape index (κ2) is 4.99. The number of allylic oxidation sites excluding steroid dienone is 1. The van der Waals surface area contributed by atoms with Gasteiger partial charge in [0.05, 0.1) is 17.4 Å². The van der Waals surface area contributed by atoms with E-state index in [1.807, 2.05) is 0 Å². The molecule has 14 heavy (non-hydrogen) atoms. The van der Waals surface area contributed by atoms with E-state index < -0.39 is 19.6 Å². The van der Waals surface area contributed by atoms with E-state index in [0.29, 0.717) is 6.92 Å². The van der Waals surface area contributed by atoms with Crippen molar-refractivity contribution in [2.24, 2.45) is 0 Å². The minimum absolute atomic E-state index is 0.0960. The molecule has 1 N–H and O–H groups in total. The molecule has 1 unspecified atom stereocenters. The number of alkyl halides is 3. The summed E-state index contributed by atoms with van der Waals surface area (Å²) in [4.78, 5) is 12.1. The SMILES string of the molecule is CC(=COOP(=O)(O)OCl)C(F)(F)F. The molecule has 0 rings (SSSR count). The van der Waals surface area contributed by atoms with Crippen molar-refractivity contribution < 1.29 is 36.3 Å². The second-order valence-electron chi connectivity index (χ2n) is 2.01. The summed E-state index contributed by atoms with van der Waals surface area (Å²) in [6.45, 7) is 0.674. The maximum absolute atomic E-state index is 11.8. The van der Waals surface area contributed by atoms with E-state index in [-0.39, 0.29) is 6.26 Å². The molecule has 0 aromatic heterocycles. The molecule has 0 saturated heterocycles. The third kappa shape index (κ3) is 5.46. The van der Waals surface area contributed by atoms with Gasteiger partial charge in [0.1, 0.15) is 6.26 Å². The molecule has 0 bridgehead atoms. The Kier molecular flexibility index (Phi) is 4.90. The average molecular weight is 256 g/mol. The van der Waals surface area contributed by atoms with Crippen molar-refractivity contribution in [2.75, 3.05) is 0 Å². The van der Waals surface area contributed by atoms with Gasteiger partial charge in [0, 0.05) is 0 Å². The van der Waals surface area contributed by atoms with Crippen molar-refractivity contribution in [1.82, 2.24) is 0 Å². The van der Waals surface area contributed by atoms with Crippen LogP contribution in [0.15, 0.2) is 11.8 Å². The molecule has 0 radical (unpaired) electrons. The van der Waals surface area contributed by atoms with Gasteiger partial charge in [-0.3, -0.25) is 4.89 Å². The van der Waals surface area contributed by atoms with E-state index in [1.54, 1.807) is 0 Å². The summed E-state index contributed by atoms with van der Waals surface area (Å²) >= 11 is 4.44. The van der Waals surface area contributed by atoms with Crippen molar-refractivity contribution in [2.45, 2.75) is 13.1 Å². The van der Waals surface area contributed by atoms with Gasteiger partial charge >= 0.3 is 14.0 Å². The Bertz CT molecular complexity index is 264. The minimum atomic E-state index is -4.65. The maximum Gasteiger partial charge on any atom is 0.524 e. The van der Waals surface area contributed by atoms with Gasteiger partial charge in [0.15, 0.2) is 0 Å². The monoisotopic (exact) mass is 256 g/mol. The van der Waals surface area contributed by atoms with Crippen LogP contribution in [-0.2, 0) is 18.2 Å². The molecule has 84 valence electrons. The largest absolute Gasteiger partial charge is 0.524 e. The molecule has 0 aliphatic carbocycles. The smallest absolute Gasteiger partial charge is 0.335 e. The summed E-state index contributed by atoms with van der Waals surface area (Å²) in [7, 11) is -4.65. The highest BCUT2D eigenvalue weighted by Crippen LogP contribution is 2.44. The van der Waals surface area contributed by atoms with Crippen molar-refractivity contribution in [1.29, 1.82) is 0 Å². The van der Waals surface area contributed by atoms with Crippen molar-refractivity contribution in [3.05, 3.63) is 11.8 Å². The third-order valence-electron chi connectivity index (χ3n) is 0.896. The van der Waals surface area contributed by atoms with Crippen molar-refractivity contribution >= 4 is 19.7 Å². The van der Waals surface area contributed by atoms with E-state index >= 15 is 0 Å². The highest BCUT2D eigenvalue weighted by atomic mass is 35.5. The Hall–Kier alpha value is -0.270. The predicted octanol–water partition coefficient (Wildman–Crippen LogP) is 2.67. The zero-order valence-electron chi connectivity index (χ0n) is 6.62. The highest BCUT2D eigenvalue weighted by Gasteiger charge is 2.31. The van der Waals surface area contributed by atoms with Crippen LogP contribution in [0.5, 0.6) is 0 Å². The molecule has 5 nitrogen and oxygen atoms in total. The molecule has 0 amide bonds. The van der Waals surface area contributed by atoms with E-state index in [4.69, 9.17) is 4.89 Å². The van der Waals surface area contributed by atoms with E-state index in [0.717, 1.165) is 0 Å². The van der Waals surface area contributed by atoms with Gasteiger partial charge in [-0.15, -0.1) is 0 Å². The first kappa shape index (κ1) is 13.7. The predicted molar refractivity (Wildman–Crippen MR) is 38.7 cm³/mol. The Morgan fingerprint density at radius 3 is 2.43 bits per heavy atom. The molecule has 0 aliphatic rings. The van der Waals surface area contributed by atoms with Gasteiger partial charge in [0.25, 0.3) is 0 Å². The molecule has 0 aromatic carbocycles. The lowest BCUT2D eigenvalue weighted by Gasteiger charge is -2.07. The molecule has 0 aromatic rings. The fourth-order valence-corrected chi connectivity index (χ4v) is 0.470. The molecule has 0 heterocycles. The number of rotatable bonds is 4. The van der Waals surface area contributed by atoms with Crippen molar-refractivity contribution in [3.8, 4) is 0 Å². The molecule has 0 saturated carbocycles. The summed E-state index contributed by atoms with van der Waals surface area (Å²) in [6, 6.07) is 0. The number of halogens is 4. The topological polar surface area (TPSA) is 65.0 Å². The van der Waals surface area contributed by atoms with Gasteiger partial charge in [-0.1, -0.05) is 4.67 Å². The van der Waals surface area contributed by atoms with Gasteiger partial charge < -0.3 is 4.89 Å². The number of phosphoric acid groups is 1. The first-order valence-electron chi connectivity index (χ1n) is 2.91. The van der Waals surface area contributed by atoms with Crippen LogP contribution in [0.25, 0.3) is 0 Å². The van der Waals surface area contributed by atoms with E-state index in [1.165, 1.54) is 0 Å². The molecular formula is C4H5ClF3O5P. The zero-order valence-corrected chi connectivity index (χ0v) is 8.27. The second-order valence-corrected chi connectivity index (χ2v) is 3.65. The van der Waals surface area contributed by atoms with Gasteiger partial charge in [-0.25, -0.2) is 4.57 Å². The zero-order chi connectivity index (χ0) is 11.4. The van der Waals surface area contributed by atoms with Crippen LogP contribution in [0.4, 0.5) is 13.2 Å². The maximum atomic E-state index is 11.8. The van der Waals surface area contributed by atoms with Crippen LogP contribution < -0.4 is 0 Å². The average Bonchev–Trinajstić information content (AvgIpc) is 2.02. The fourth-order valence-electron chi connectivity index (χ4n) is 0.226. The lowest BCUT2D eigenvalue weighted by Crippen LogP contribution is -2.09. The van der Waals surface area contributed by atoms with Gasteiger partial charge in [-0.05, 0) is 6.92 Å². The standard InChI is InChI=1S/C4H5ClF3O5P/c1-3(4(6,7)8)2-11-13-14(9,10)12-5/h2H,1H3,(H,9,10). The minimum Gasteiger partial charge on any atom is -0.335 e. The molecule has 0 spiro atoms. The summed E-state index contributed by atoms with van der Waals surface area (Å²) in [5.74, 6) is 0. The normalized spacial score (nSPS) is 17.7.